The first-order valence-corrected chi connectivity index (χ1v) is 8.26. The van der Waals surface area contributed by atoms with Crippen LogP contribution in [-0.2, 0) is 17.1 Å². The van der Waals surface area contributed by atoms with Gasteiger partial charge in [0.05, 0.1) is 0 Å². The first kappa shape index (κ1) is 18.4. The van der Waals surface area contributed by atoms with Gasteiger partial charge in [0, 0.05) is 0 Å². The van der Waals surface area contributed by atoms with E-state index >= 15 is 0 Å². The Morgan fingerprint density at radius 1 is 0.667 bits per heavy atom. The van der Waals surface area contributed by atoms with Gasteiger partial charge in [-0.1, -0.05) is 71.8 Å². The molecule has 0 saturated heterocycles. The number of benzene rings is 2. The molecule has 4 rings (SSSR count). The SMILES string of the molecule is P[c-]1ccc(-c2ccccc2)c1-c1ccccc1.[Fe+2].c1cc[cH-]c1. The van der Waals surface area contributed by atoms with Crippen molar-refractivity contribution in [2.45, 2.75) is 0 Å². The van der Waals surface area contributed by atoms with E-state index < -0.39 is 0 Å². The third-order valence-electron chi connectivity index (χ3n) is 3.69. The molecule has 1 atom stereocenters. The summed E-state index contributed by atoms with van der Waals surface area (Å²) in [4.78, 5) is 0. The Hall–Kier alpha value is -1.91. The summed E-state index contributed by atoms with van der Waals surface area (Å²) in [6.45, 7) is 0. The van der Waals surface area contributed by atoms with Gasteiger partial charge in [-0.3, -0.25) is 0 Å². The second kappa shape index (κ2) is 9.40. The first-order chi connectivity index (χ1) is 11.4. The zero-order valence-electron chi connectivity index (χ0n) is 13.2. The molecule has 4 aromatic carbocycles. The van der Waals surface area contributed by atoms with Gasteiger partial charge in [-0.25, -0.2) is 12.1 Å². The second-order valence-corrected chi connectivity index (χ2v) is 5.89. The van der Waals surface area contributed by atoms with Crippen LogP contribution in [0.1, 0.15) is 0 Å². The van der Waals surface area contributed by atoms with Gasteiger partial charge >= 0.3 is 17.1 Å². The summed E-state index contributed by atoms with van der Waals surface area (Å²) in [7, 11) is 2.83. The van der Waals surface area contributed by atoms with E-state index in [0.29, 0.717) is 0 Å². The van der Waals surface area contributed by atoms with Crippen LogP contribution in [0.25, 0.3) is 22.3 Å². The normalized spacial score (nSPS) is 9.54. The van der Waals surface area contributed by atoms with Gasteiger partial charge in [0.1, 0.15) is 0 Å². The molecule has 0 N–H and O–H groups in total. The molecule has 1 unspecified atom stereocenters. The molecule has 0 aliphatic rings. The monoisotopic (exact) mass is 370 g/mol. The molecular formula is C22H19FeP. The van der Waals surface area contributed by atoms with Crippen molar-refractivity contribution in [3.63, 3.8) is 0 Å². The summed E-state index contributed by atoms with van der Waals surface area (Å²) < 4.78 is 0. The number of hydrogen-bond donors (Lipinski definition) is 0. The van der Waals surface area contributed by atoms with Crippen molar-refractivity contribution >= 4 is 14.5 Å². The third-order valence-corrected chi connectivity index (χ3v) is 4.17. The smallest absolute Gasteiger partial charge is 0.214 e. The molecule has 0 aliphatic carbocycles. The third kappa shape index (κ3) is 4.56. The summed E-state index contributed by atoms with van der Waals surface area (Å²) >= 11 is 0. The van der Waals surface area contributed by atoms with Crippen LogP contribution in [0.3, 0.4) is 0 Å². The molecule has 0 saturated carbocycles. The minimum absolute atomic E-state index is 0. The average Bonchev–Trinajstić information content (AvgIpc) is 3.29. The van der Waals surface area contributed by atoms with E-state index in [1.807, 2.05) is 30.3 Å². The molecule has 0 radical (unpaired) electrons. The van der Waals surface area contributed by atoms with Gasteiger partial charge in [0.25, 0.3) is 0 Å². The van der Waals surface area contributed by atoms with Crippen LogP contribution in [-0.4, -0.2) is 0 Å². The fourth-order valence-corrected chi connectivity index (χ4v) is 3.02. The van der Waals surface area contributed by atoms with Gasteiger partial charge in [0.2, 0.25) is 0 Å². The van der Waals surface area contributed by atoms with E-state index in [-0.39, 0.29) is 17.1 Å². The topological polar surface area (TPSA) is 0 Å². The molecule has 0 bridgehead atoms. The summed E-state index contributed by atoms with van der Waals surface area (Å²) in [5.41, 5.74) is 5.15. The summed E-state index contributed by atoms with van der Waals surface area (Å²) in [6, 6.07) is 35.4. The fraction of sp³-hybridized carbons (Fsp3) is 0. The quantitative estimate of drug-likeness (QED) is 0.243. The van der Waals surface area contributed by atoms with Crippen LogP contribution >= 0.6 is 9.24 Å². The molecule has 24 heavy (non-hydrogen) atoms. The van der Waals surface area contributed by atoms with E-state index in [9.17, 15) is 0 Å². The Morgan fingerprint density at radius 2 is 1.21 bits per heavy atom. The number of rotatable bonds is 2. The minimum Gasteiger partial charge on any atom is -0.214 e. The molecule has 4 aromatic rings. The molecule has 0 spiro atoms. The largest absolute Gasteiger partial charge is 2.00 e. The van der Waals surface area contributed by atoms with Crippen molar-refractivity contribution in [3.8, 4) is 22.3 Å². The molecule has 0 aliphatic heterocycles. The molecule has 0 amide bonds. The summed E-state index contributed by atoms with van der Waals surface area (Å²) in [5.74, 6) is 0. The van der Waals surface area contributed by atoms with E-state index in [1.54, 1.807) is 0 Å². The van der Waals surface area contributed by atoms with Gasteiger partial charge in [0.15, 0.2) is 0 Å². The second-order valence-electron chi connectivity index (χ2n) is 5.27. The van der Waals surface area contributed by atoms with Crippen molar-refractivity contribution in [2.24, 2.45) is 0 Å². The van der Waals surface area contributed by atoms with Gasteiger partial charge in [-0.15, -0.1) is 22.5 Å². The maximum absolute atomic E-state index is 2.83. The van der Waals surface area contributed by atoms with E-state index in [0.717, 1.165) is 0 Å². The van der Waals surface area contributed by atoms with Crippen LogP contribution in [0.2, 0.25) is 0 Å². The Morgan fingerprint density at radius 3 is 1.71 bits per heavy atom. The van der Waals surface area contributed by atoms with Crippen LogP contribution in [0.5, 0.6) is 0 Å². The van der Waals surface area contributed by atoms with Gasteiger partial charge in [-0.2, -0.15) is 33.5 Å². The van der Waals surface area contributed by atoms with Crippen molar-refractivity contribution in [2.75, 3.05) is 0 Å². The fourth-order valence-electron chi connectivity index (χ4n) is 2.60. The Bertz CT molecular complexity index is 798. The molecule has 0 heterocycles. The standard InChI is InChI=1S/C17H14P.C5H5.Fe/c18-16-12-11-15(13-7-3-1-4-8-13)17(16)14-9-5-2-6-10-14;1-2-4-5-3-1;/h1-12H,18H2;1-5H;/q2*-1;+2. The zero-order valence-corrected chi connectivity index (χ0v) is 15.5. The maximum atomic E-state index is 2.83. The van der Waals surface area contributed by atoms with Crippen molar-refractivity contribution < 1.29 is 17.1 Å². The van der Waals surface area contributed by atoms with Crippen LogP contribution in [0.4, 0.5) is 0 Å². The predicted molar refractivity (Wildman–Crippen MR) is 104 cm³/mol. The molecular weight excluding hydrogens is 351 g/mol. The minimum atomic E-state index is 0. The Labute approximate surface area is 157 Å². The van der Waals surface area contributed by atoms with E-state index in [2.05, 4.69) is 82.0 Å². The van der Waals surface area contributed by atoms with E-state index in [1.165, 1.54) is 27.6 Å². The average molecular weight is 370 g/mol. The predicted octanol–water partition coefficient (Wildman–Crippen LogP) is 5.64. The molecule has 120 valence electrons. The van der Waals surface area contributed by atoms with Gasteiger partial charge < -0.3 is 0 Å². The van der Waals surface area contributed by atoms with Crippen LogP contribution < -0.4 is 5.30 Å². The Kier molecular flexibility index (Phi) is 7.22. The van der Waals surface area contributed by atoms with Crippen molar-refractivity contribution in [1.29, 1.82) is 0 Å². The summed E-state index contributed by atoms with van der Waals surface area (Å²) in [6.07, 6.45) is 0. The molecule has 0 fully saturated rings. The van der Waals surface area contributed by atoms with E-state index in [4.69, 9.17) is 0 Å². The van der Waals surface area contributed by atoms with Crippen LogP contribution in [0.15, 0.2) is 103 Å². The summed E-state index contributed by atoms with van der Waals surface area (Å²) in [5, 5.41) is 1.25. The maximum Gasteiger partial charge on any atom is 2.00 e. The molecule has 2 heteroatoms. The van der Waals surface area contributed by atoms with Gasteiger partial charge in [-0.05, 0) is 0 Å². The zero-order chi connectivity index (χ0) is 15.9. The Balaban J connectivity index is 0.000000300. The molecule has 0 nitrogen and oxygen atoms in total. The number of hydrogen-bond acceptors (Lipinski definition) is 0. The van der Waals surface area contributed by atoms with Crippen LogP contribution in [0, 0.1) is 0 Å². The van der Waals surface area contributed by atoms with Crippen molar-refractivity contribution in [3.05, 3.63) is 103 Å². The first-order valence-electron chi connectivity index (χ1n) is 7.69. The molecule has 0 aromatic heterocycles. The van der Waals surface area contributed by atoms with Crippen molar-refractivity contribution in [1.82, 2.24) is 0 Å².